The third-order valence-electron chi connectivity index (χ3n) is 3.90. The van der Waals surface area contributed by atoms with Gasteiger partial charge in [0.2, 0.25) is 0 Å². The predicted molar refractivity (Wildman–Crippen MR) is 82.5 cm³/mol. The monoisotopic (exact) mass is 296 g/mol. The van der Waals surface area contributed by atoms with Crippen LogP contribution in [0.4, 0.5) is 0 Å². The minimum Gasteiger partial charge on any atom is -0.340 e. The molecule has 1 aliphatic rings. The Balaban J connectivity index is 2.18. The molecular formula is C16H16N4O2. The molecule has 0 spiro atoms. The molecule has 22 heavy (non-hydrogen) atoms. The van der Waals surface area contributed by atoms with Crippen molar-refractivity contribution in [1.82, 2.24) is 19.9 Å². The van der Waals surface area contributed by atoms with Gasteiger partial charge in [0.25, 0.3) is 11.5 Å². The van der Waals surface area contributed by atoms with Crippen LogP contribution in [-0.2, 0) is 0 Å². The van der Waals surface area contributed by atoms with Gasteiger partial charge in [-0.1, -0.05) is 18.8 Å². The molecule has 1 aliphatic carbocycles. The Bertz CT molecular complexity index is 813. The van der Waals surface area contributed by atoms with Crippen molar-refractivity contribution in [3.8, 4) is 12.3 Å². The number of pyridine rings is 1. The first kappa shape index (κ1) is 14.3. The van der Waals surface area contributed by atoms with Crippen LogP contribution in [0.5, 0.6) is 0 Å². The molecule has 1 amide bonds. The second-order valence-corrected chi connectivity index (χ2v) is 5.31. The molecular weight excluding hydrogens is 280 g/mol. The Hall–Kier alpha value is -2.68. The van der Waals surface area contributed by atoms with Crippen molar-refractivity contribution < 1.29 is 4.79 Å². The highest BCUT2D eigenvalue weighted by Crippen LogP contribution is 2.29. The molecule has 0 radical (unpaired) electrons. The topological polar surface area (TPSA) is 76.9 Å². The van der Waals surface area contributed by atoms with Gasteiger partial charge in [0, 0.05) is 12.2 Å². The van der Waals surface area contributed by atoms with Crippen LogP contribution >= 0.6 is 0 Å². The molecule has 3 rings (SSSR count). The van der Waals surface area contributed by atoms with Gasteiger partial charge in [-0.2, -0.15) is 0 Å². The molecule has 1 fully saturated rings. The largest absolute Gasteiger partial charge is 0.340 e. The van der Waals surface area contributed by atoms with E-state index in [1.54, 1.807) is 22.9 Å². The summed E-state index contributed by atoms with van der Waals surface area (Å²) in [6.45, 7) is 0.0639. The zero-order valence-electron chi connectivity index (χ0n) is 12.1. The molecule has 2 aromatic rings. The summed E-state index contributed by atoms with van der Waals surface area (Å²) in [6.07, 6.45) is 10.8. The summed E-state index contributed by atoms with van der Waals surface area (Å²) in [5, 5.41) is 2.50. The molecule has 0 atom stereocenters. The van der Waals surface area contributed by atoms with E-state index in [0.717, 1.165) is 25.7 Å². The number of nitrogens with zero attached hydrogens (tertiary/aromatic N) is 3. The van der Waals surface area contributed by atoms with Gasteiger partial charge in [0.1, 0.15) is 5.52 Å². The Kier molecular flexibility index (Phi) is 3.88. The summed E-state index contributed by atoms with van der Waals surface area (Å²) in [6, 6.07) is 3.57. The summed E-state index contributed by atoms with van der Waals surface area (Å²) in [7, 11) is 0. The van der Waals surface area contributed by atoms with Gasteiger partial charge in [-0.3, -0.25) is 14.2 Å². The van der Waals surface area contributed by atoms with Gasteiger partial charge in [-0.15, -0.1) is 6.42 Å². The number of nitrogens with one attached hydrogen (secondary N) is 1. The number of hydrogen-bond acceptors (Lipinski definition) is 4. The number of carbonyl (C=O) groups excluding carboxylic acids is 1. The first-order chi connectivity index (χ1) is 10.7. The maximum Gasteiger partial charge on any atom is 0.284 e. The maximum absolute atomic E-state index is 12.7. The Labute approximate surface area is 127 Å². The summed E-state index contributed by atoms with van der Waals surface area (Å²) < 4.78 is 1.63. The van der Waals surface area contributed by atoms with Crippen LogP contribution in [0, 0.1) is 12.3 Å². The van der Waals surface area contributed by atoms with Gasteiger partial charge in [0.05, 0.1) is 6.54 Å². The van der Waals surface area contributed by atoms with Crippen molar-refractivity contribution >= 4 is 17.1 Å². The van der Waals surface area contributed by atoms with E-state index < -0.39 is 11.5 Å². The van der Waals surface area contributed by atoms with Crippen LogP contribution < -0.4 is 10.9 Å². The highest BCUT2D eigenvalue weighted by Gasteiger charge is 2.24. The molecule has 0 aromatic carbocycles. The summed E-state index contributed by atoms with van der Waals surface area (Å²) >= 11 is 0. The van der Waals surface area contributed by atoms with Crippen LogP contribution in [0.1, 0.15) is 42.2 Å². The number of hydrogen-bond donors (Lipinski definition) is 1. The second kappa shape index (κ2) is 5.98. The second-order valence-electron chi connectivity index (χ2n) is 5.31. The lowest BCUT2D eigenvalue weighted by Gasteiger charge is -2.16. The van der Waals surface area contributed by atoms with Crippen molar-refractivity contribution in [3.63, 3.8) is 0 Å². The van der Waals surface area contributed by atoms with Gasteiger partial charge in [-0.25, -0.2) is 9.97 Å². The zero-order valence-corrected chi connectivity index (χ0v) is 12.1. The minimum absolute atomic E-state index is 0.0639. The first-order valence-corrected chi connectivity index (χ1v) is 7.31. The van der Waals surface area contributed by atoms with Crippen molar-refractivity contribution in [1.29, 1.82) is 0 Å². The van der Waals surface area contributed by atoms with Crippen LogP contribution in [0.15, 0.2) is 23.1 Å². The average molecular weight is 296 g/mol. The van der Waals surface area contributed by atoms with Crippen LogP contribution in [0.3, 0.4) is 0 Å². The number of rotatable bonds is 3. The molecule has 6 heteroatoms. The fourth-order valence-corrected chi connectivity index (χ4v) is 2.90. The van der Waals surface area contributed by atoms with E-state index in [9.17, 15) is 9.59 Å². The average Bonchev–Trinajstić information content (AvgIpc) is 3.06. The SMILES string of the molecule is C#CCNC(=O)c1nc2cccnc2n(C2CCCC2)c1=O. The van der Waals surface area contributed by atoms with E-state index >= 15 is 0 Å². The van der Waals surface area contributed by atoms with E-state index in [1.807, 2.05) is 0 Å². The van der Waals surface area contributed by atoms with Crippen LogP contribution in [0.2, 0.25) is 0 Å². The van der Waals surface area contributed by atoms with Crippen molar-refractivity contribution in [2.45, 2.75) is 31.7 Å². The molecule has 0 unspecified atom stereocenters. The molecule has 2 heterocycles. The Morgan fingerprint density at radius 3 is 2.95 bits per heavy atom. The normalized spacial score (nSPS) is 14.9. The fraction of sp³-hybridized carbons (Fsp3) is 0.375. The highest BCUT2D eigenvalue weighted by atomic mass is 16.2. The third-order valence-corrected chi connectivity index (χ3v) is 3.90. The van der Waals surface area contributed by atoms with Gasteiger partial charge >= 0.3 is 0 Å². The smallest absolute Gasteiger partial charge is 0.284 e. The molecule has 0 saturated heterocycles. The van der Waals surface area contributed by atoms with Crippen LogP contribution in [0.25, 0.3) is 11.2 Å². The maximum atomic E-state index is 12.7. The fourth-order valence-electron chi connectivity index (χ4n) is 2.90. The van der Waals surface area contributed by atoms with Gasteiger partial charge < -0.3 is 5.32 Å². The van der Waals surface area contributed by atoms with E-state index in [1.165, 1.54) is 0 Å². The highest BCUT2D eigenvalue weighted by molar-refractivity contribution is 5.93. The predicted octanol–water partition coefficient (Wildman–Crippen LogP) is 1.27. The molecule has 0 aliphatic heterocycles. The standard InChI is InChI=1S/C16H16N4O2/c1-2-9-18-15(21)13-16(22)20(11-6-3-4-7-11)14-12(19-13)8-5-10-17-14/h1,5,8,10-11H,3-4,6-7,9H2,(H,18,21). The molecule has 0 bridgehead atoms. The van der Waals surface area contributed by atoms with E-state index in [-0.39, 0.29) is 18.3 Å². The van der Waals surface area contributed by atoms with E-state index in [2.05, 4.69) is 21.2 Å². The number of terminal acetylenes is 1. The summed E-state index contributed by atoms with van der Waals surface area (Å²) in [4.78, 5) is 33.3. The summed E-state index contributed by atoms with van der Waals surface area (Å²) in [5.41, 5.74) is 0.558. The Morgan fingerprint density at radius 1 is 1.45 bits per heavy atom. The quantitative estimate of drug-likeness (QED) is 0.865. The third kappa shape index (κ3) is 2.46. The lowest BCUT2D eigenvalue weighted by molar-refractivity contribution is 0.0951. The van der Waals surface area contributed by atoms with E-state index in [4.69, 9.17) is 6.42 Å². The zero-order chi connectivity index (χ0) is 15.5. The van der Waals surface area contributed by atoms with Crippen molar-refractivity contribution in [2.24, 2.45) is 0 Å². The minimum atomic E-state index is -0.541. The number of aromatic nitrogens is 3. The number of carbonyl (C=O) groups is 1. The molecule has 1 N–H and O–H groups in total. The molecule has 2 aromatic heterocycles. The first-order valence-electron chi connectivity index (χ1n) is 7.31. The Morgan fingerprint density at radius 2 is 2.23 bits per heavy atom. The lowest BCUT2D eigenvalue weighted by Crippen LogP contribution is -2.36. The number of amides is 1. The molecule has 6 nitrogen and oxygen atoms in total. The van der Waals surface area contributed by atoms with Gasteiger partial charge in [0.15, 0.2) is 11.3 Å². The van der Waals surface area contributed by atoms with Crippen molar-refractivity contribution in [3.05, 3.63) is 34.4 Å². The molecule has 1 saturated carbocycles. The summed E-state index contributed by atoms with van der Waals surface area (Å²) in [5.74, 6) is 1.77. The van der Waals surface area contributed by atoms with Crippen LogP contribution in [-0.4, -0.2) is 27.0 Å². The number of fused-ring (bicyclic) bond motifs is 1. The van der Waals surface area contributed by atoms with Crippen molar-refractivity contribution in [2.75, 3.05) is 6.54 Å². The lowest BCUT2D eigenvalue weighted by atomic mass is 10.2. The molecule has 112 valence electrons. The van der Waals surface area contributed by atoms with Gasteiger partial charge in [-0.05, 0) is 25.0 Å². The van der Waals surface area contributed by atoms with E-state index in [0.29, 0.717) is 11.2 Å².